The van der Waals surface area contributed by atoms with Gasteiger partial charge in [-0.3, -0.25) is 19.8 Å². The Labute approximate surface area is 249 Å². The topological polar surface area (TPSA) is 63.6 Å². The quantitative estimate of drug-likeness (QED) is 0.130. The van der Waals surface area contributed by atoms with Crippen molar-refractivity contribution >= 4 is 40.9 Å². The van der Waals surface area contributed by atoms with Gasteiger partial charge in [-0.1, -0.05) is 78.9 Å². The molecule has 7 heteroatoms. The average Bonchev–Trinajstić information content (AvgIpc) is 3.40. The minimum absolute atomic E-state index is 0.00640. The maximum absolute atomic E-state index is 13.8. The standard InChI is InChI=1S/C35H27N3O3S/c1-2-41-29-20-18-28(19-21-29)37-31(24-12-6-3-7-13-24)23-26(32(37)25-14-8-4-9-15-25)22-30-33(39)36-35(42)38(34(30)40)27-16-10-5-11-17-27/h3-23H,2H2,1H3,(H,36,39,42). The number of carbonyl (C=O) groups is 2. The fourth-order valence-corrected chi connectivity index (χ4v) is 5.38. The smallest absolute Gasteiger partial charge is 0.270 e. The van der Waals surface area contributed by atoms with Crippen LogP contribution >= 0.6 is 12.2 Å². The molecule has 1 saturated heterocycles. The fraction of sp³-hybridized carbons (Fsp3) is 0.0571. The van der Waals surface area contributed by atoms with Crippen LogP contribution in [0.5, 0.6) is 5.75 Å². The highest BCUT2D eigenvalue weighted by molar-refractivity contribution is 7.80. The number of para-hydroxylation sites is 1. The van der Waals surface area contributed by atoms with Crippen LogP contribution in [0.1, 0.15) is 12.5 Å². The largest absolute Gasteiger partial charge is 0.494 e. The van der Waals surface area contributed by atoms with Crippen LogP contribution in [0, 0.1) is 0 Å². The first kappa shape index (κ1) is 26.9. The molecule has 1 fully saturated rings. The molecule has 206 valence electrons. The molecule has 0 radical (unpaired) electrons. The number of nitrogens with zero attached hydrogens (tertiary/aromatic N) is 2. The van der Waals surface area contributed by atoms with Crippen molar-refractivity contribution < 1.29 is 14.3 Å². The van der Waals surface area contributed by atoms with Gasteiger partial charge in [0.2, 0.25) is 0 Å². The van der Waals surface area contributed by atoms with Crippen LogP contribution in [0.25, 0.3) is 34.3 Å². The van der Waals surface area contributed by atoms with Gasteiger partial charge in [0, 0.05) is 11.3 Å². The van der Waals surface area contributed by atoms with E-state index in [9.17, 15) is 9.59 Å². The number of aromatic nitrogens is 1. The number of nitrogens with one attached hydrogen (secondary N) is 1. The predicted molar refractivity (Wildman–Crippen MR) is 170 cm³/mol. The van der Waals surface area contributed by atoms with E-state index in [1.807, 2.05) is 116 Å². The summed E-state index contributed by atoms with van der Waals surface area (Å²) in [6.07, 6.45) is 1.66. The first-order valence-corrected chi connectivity index (χ1v) is 14.0. The van der Waals surface area contributed by atoms with Gasteiger partial charge in [0.25, 0.3) is 11.8 Å². The molecule has 42 heavy (non-hydrogen) atoms. The summed E-state index contributed by atoms with van der Waals surface area (Å²) in [7, 11) is 0. The number of anilines is 1. The molecule has 1 aliphatic heterocycles. The number of carbonyl (C=O) groups excluding carboxylic acids is 2. The minimum atomic E-state index is -0.536. The highest BCUT2D eigenvalue weighted by Gasteiger charge is 2.35. The molecule has 1 aliphatic rings. The summed E-state index contributed by atoms with van der Waals surface area (Å²) in [5.41, 5.74) is 5.86. The van der Waals surface area contributed by atoms with E-state index < -0.39 is 11.8 Å². The lowest BCUT2D eigenvalue weighted by Crippen LogP contribution is -2.54. The molecule has 6 rings (SSSR count). The van der Waals surface area contributed by atoms with Crippen LogP contribution in [0.4, 0.5) is 5.69 Å². The van der Waals surface area contributed by atoms with Crippen molar-refractivity contribution in [1.82, 2.24) is 9.88 Å². The van der Waals surface area contributed by atoms with Gasteiger partial charge in [0.05, 0.1) is 23.7 Å². The SMILES string of the molecule is CCOc1ccc(-n2c(-c3ccccc3)cc(C=C3C(=O)NC(=S)N(c4ccccc4)C3=O)c2-c2ccccc2)cc1. The Kier molecular flexibility index (Phi) is 7.49. The van der Waals surface area contributed by atoms with E-state index in [1.54, 1.807) is 18.2 Å². The molecule has 6 nitrogen and oxygen atoms in total. The van der Waals surface area contributed by atoms with E-state index in [-0.39, 0.29) is 10.7 Å². The minimum Gasteiger partial charge on any atom is -0.494 e. The maximum atomic E-state index is 13.8. The number of thiocarbonyl (C=S) groups is 1. The third kappa shape index (κ3) is 5.13. The molecule has 4 aromatic carbocycles. The summed E-state index contributed by atoms with van der Waals surface area (Å²) in [6.45, 7) is 2.53. The molecule has 0 aliphatic carbocycles. The lowest BCUT2D eigenvalue weighted by molar-refractivity contribution is -0.122. The number of rotatable bonds is 7. The summed E-state index contributed by atoms with van der Waals surface area (Å²) in [4.78, 5) is 28.4. The second-order valence-corrected chi connectivity index (χ2v) is 10.0. The zero-order chi connectivity index (χ0) is 29.1. The summed E-state index contributed by atoms with van der Waals surface area (Å²) in [6, 6.07) is 39.0. The van der Waals surface area contributed by atoms with Crippen LogP contribution in [0.15, 0.2) is 127 Å². The zero-order valence-electron chi connectivity index (χ0n) is 22.9. The highest BCUT2D eigenvalue weighted by atomic mass is 32.1. The molecule has 1 N–H and O–H groups in total. The van der Waals surface area contributed by atoms with E-state index in [2.05, 4.69) is 9.88 Å². The van der Waals surface area contributed by atoms with Crippen molar-refractivity contribution in [3.8, 4) is 34.0 Å². The van der Waals surface area contributed by atoms with Crippen LogP contribution < -0.4 is 15.0 Å². The van der Waals surface area contributed by atoms with Crippen LogP contribution in [0.3, 0.4) is 0 Å². The molecular formula is C35H27N3O3S. The second-order valence-electron chi connectivity index (χ2n) is 9.62. The Morgan fingerprint density at radius 3 is 1.98 bits per heavy atom. The van der Waals surface area contributed by atoms with Crippen LogP contribution in [-0.2, 0) is 9.59 Å². The molecule has 0 atom stereocenters. The lowest BCUT2D eigenvalue weighted by Gasteiger charge is -2.28. The normalized spacial score (nSPS) is 14.3. The Balaban J connectivity index is 1.59. The second kappa shape index (κ2) is 11.7. The third-order valence-corrected chi connectivity index (χ3v) is 7.25. The number of hydrogen-bond acceptors (Lipinski definition) is 4. The molecule has 2 heterocycles. The molecular weight excluding hydrogens is 542 g/mol. The van der Waals surface area contributed by atoms with Gasteiger partial charge in [-0.05, 0) is 78.8 Å². The molecule has 5 aromatic rings. The monoisotopic (exact) mass is 569 g/mol. The van der Waals surface area contributed by atoms with Gasteiger partial charge < -0.3 is 9.30 Å². The summed E-state index contributed by atoms with van der Waals surface area (Å²) in [5, 5.41) is 2.75. The van der Waals surface area contributed by atoms with Gasteiger partial charge >= 0.3 is 0 Å². The summed E-state index contributed by atoms with van der Waals surface area (Å²) >= 11 is 5.40. The maximum Gasteiger partial charge on any atom is 0.270 e. The summed E-state index contributed by atoms with van der Waals surface area (Å²) in [5.74, 6) is -0.241. The first-order valence-electron chi connectivity index (χ1n) is 13.6. The average molecular weight is 570 g/mol. The number of hydrogen-bond donors (Lipinski definition) is 1. The van der Waals surface area contributed by atoms with Gasteiger partial charge in [0.15, 0.2) is 5.11 Å². The molecule has 0 spiro atoms. The lowest BCUT2D eigenvalue weighted by atomic mass is 10.0. The molecule has 0 unspecified atom stereocenters. The first-order chi connectivity index (χ1) is 20.5. The summed E-state index contributed by atoms with van der Waals surface area (Å²) < 4.78 is 7.85. The fourth-order valence-electron chi connectivity index (χ4n) is 5.10. The van der Waals surface area contributed by atoms with Crippen LogP contribution in [0.2, 0.25) is 0 Å². The number of amides is 2. The van der Waals surface area contributed by atoms with E-state index in [0.717, 1.165) is 34.0 Å². The van der Waals surface area contributed by atoms with Gasteiger partial charge in [-0.2, -0.15) is 0 Å². The van der Waals surface area contributed by atoms with E-state index in [1.165, 1.54) is 4.90 Å². The van der Waals surface area contributed by atoms with Crippen molar-refractivity contribution in [2.75, 3.05) is 11.5 Å². The Morgan fingerprint density at radius 1 is 0.762 bits per heavy atom. The molecule has 1 aromatic heterocycles. The number of benzene rings is 4. The van der Waals surface area contributed by atoms with Crippen LogP contribution in [-0.4, -0.2) is 28.1 Å². The van der Waals surface area contributed by atoms with Gasteiger partial charge in [-0.25, -0.2) is 0 Å². The van der Waals surface area contributed by atoms with E-state index in [0.29, 0.717) is 17.9 Å². The van der Waals surface area contributed by atoms with Crippen molar-refractivity contribution in [2.45, 2.75) is 6.92 Å². The van der Waals surface area contributed by atoms with E-state index >= 15 is 0 Å². The number of ether oxygens (including phenoxy) is 1. The van der Waals surface area contributed by atoms with Crippen molar-refractivity contribution in [2.24, 2.45) is 0 Å². The molecule has 0 bridgehead atoms. The third-order valence-electron chi connectivity index (χ3n) is 6.97. The Bertz CT molecular complexity index is 1800. The zero-order valence-corrected chi connectivity index (χ0v) is 23.7. The van der Waals surface area contributed by atoms with Crippen molar-refractivity contribution in [3.63, 3.8) is 0 Å². The van der Waals surface area contributed by atoms with E-state index in [4.69, 9.17) is 17.0 Å². The Morgan fingerprint density at radius 2 is 1.36 bits per heavy atom. The van der Waals surface area contributed by atoms with Crippen molar-refractivity contribution in [1.29, 1.82) is 0 Å². The molecule has 2 amide bonds. The van der Waals surface area contributed by atoms with Gasteiger partial charge in [0.1, 0.15) is 11.3 Å². The van der Waals surface area contributed by atoms with Gasteiger partial charge in [-0.15, -0.1) is 0 Å². The van der Waals surface area contributed by atoms with Crippen molar-refractivity contribution in [3.05, 3.63) is 132 Å². The Hall–Kier alpha value is -5.27. The predicted octanol–water partition coefficient (Wildman–Crippen LogP) is 7.04. The molecule has 0 saturated carbocycles. The highest BCUT2D eigenvalue weighted by Crippen LogP contribution is 2.38.